The number of benzene rings is 1. The number of hydrogen-bond acceptors (Lipinski definition) is 2. The van der Waals surface area contributed by atoms with E-state index in [1.54, 1.807) is 0 Å². The Kier molecular flexibility index (Phi) is 1.92. The summed E-state index contributed by atoms with van der Waals surface area (Å²) in [7, 11) is 0. The number of aliphatic imine (C=N–C) groups is 1. The van der Waals surface area contributed by atoms with Crippen LogP contribution < -0.4 is 5.32 Å². The molecule has 1 atom stereocenters. The number of hydrogen-bond donors (Lipinski definition) is 1. The van der Waals surface area contributed by atoms with Crippen molar-refractivity contribution < 1.29 is 0 Å². The van der Waals surface area contributed by atoms with Crippen molar-refractivity contribution in [1.29, 1.82) is 0 Å². The fourth-order valence-corrected chi connectivity index (χ4v) is 1.42. The first-order valence-corrected chi connectivity index (χ1v) is 4.18. The van der Waals surface area contributed by atoms with Gasteiger partial charge in [-0.3, -0.25) is 10.3 Å². The third kappa shape index (κ3) is 1.38. The van der Waals surface area contributed by atoms with Gasteiger partial charge in [-0.25, -0.2) is 0 Å². The Balaban J connectivity index is 2.27. The van der Waals surface area contributed by atoms with Gasteiger partial charge in [-0.05, 0) is 12.5 Å². The minimum absolute atomic E-state index is 0.185. The van der Waals surface area contributed by atoms with E-state index in [1.165, 1.54) is 11.1 Å². The molecule has 0 aromatic heterocycles. The van der Waals surface area contributed by atoms with Crippen LogP contribution in [0.25, 0.3) is 0 Å². The molecule has 1 aromatic carbocycles. The first-order valence-electron chi connectivity index (χ1n) is 4.18. The normalized spacial score (nSPS) is 21.6. The molecule has 0 radical (unpaired) electrons. The molecule has 1 aliphatic rings. The van der Waals surface area contributed by atoms with Crippen LogP contribution in [-0.2, 0) is 0 Å². The van der Waals surface area contributed by atoms with Crippen LogP contribution in [0.3, 0.4) is 0 Å². The molecular weight excluding hydrogens is 148 g/mol. The van der Waals surface area contributed by atoms with E-state index in [9.17, 15) is 0 Å². The van der Waals surface area contributed by atoms with Gasteiger partial charge in [0.2, 0.25) is 0 Å². The molecule has 0 saturated heterocycles. The minimum atomic E-state index is 0.185. The predicted molar refractivity (Wildman–Crippen MR) is 50.4 cm³/mol. The Morgan fingerprint density at radius 1 is 1.50 bits per heavy atom. The number of nitrogens with zero attached hydrogens (tertiary/aromatic N) is 1. The highest BCUT2D eigenvalue weighted by molar-refractivity contribution is 5.62. The first kappa shape index (κ1) is 7.50. The van der Waals surface area contributed by atoms with Crippen molar-refractivity contribution in [3.8, 4) is 0 Å². The Morgan fingerprint density at radius 2 is 2.42 bits per heavy atom. The number of nitrogens with one attached hydrogen (secondary N) is 1. The summed E-state index contributed by atoms with van der Waals surface area (Å²) in [5.74, 6) is 0. The lowest BCUT2D eigenvalue weighted by molar-refractivity contribution is 0.643. The molecule has 1 N–H and O–H groups in total. The summed E-state index contributed by atoms with van der Waals surface area (Å²) in [6.07, 6.45) is 2.11. The van der Waals surface area contributed by atoms with Crippen molar-refractivity contribution in [2.75, 3.05) is 6.54 Å². The second-order valence-corrected chi connectivity index (χ2v) is 3.06. The summed E-state index contributed by atoms with van der Waals surface area (Å²) < 4.78 is 0. The zero-order chi connectivity index (χ0) is 8.39. The van der Waals surface area contributed by atoms with Crippen molar-refractivity contribution in [2.45, 2.75) is 13.1 Å². The van der Waals surface area contributed by atoms with Gasteiger partial charge < -0.3 is 0 Å². The molecule has 0 spiro atoms. The fourth-order valence-electron chi connectivity index (χ4n) is 1.42. The van der Waals surface area contributed by atoms with Crippen LogP contribution in [-0.4, -0.2) is 12.8 Å². The lowest BCUT2D eigenvalue weighted by Gasteiger charge is -2.08. The quantitative estimate of drug-likeness (QED) is 0.664. The largest absolute Gasteiger partial charge is 0.287 e. The molecule has 1 aromatic rings. The summed E-state index contributed by atoms with van der Waals surface area (Å²) in [6.45, 7) is 2.99. The maximum Gasteiger partial charge on any atom is 0.125 e. The Hall–Kier alpha value is -1.15. The molecule has 0 aliphatic carbocycles. The summed E-state index contributed by atoms with van der Waals surface area (Å²) in [5.41, 5.74) is 2.54. The molecule has 0 bridgehead atoms. The summed E-state index contributed by atoms with van der Waals surface area (Å²) in [4.78, 5) is 4.31. The molecule has 2 nitrogen and oxygen atoms in total. The van der Waals surface area contributed by atoms with Gasteiger partial charge in [0, 0.05) is 12.8 Å². The Labute approximate surface area is 72.3 Å². The lowest BCUT2D eigenvalue weighted by atomic mass is 10.1. The van der Waals surface area contributed by atoms with E-state index >= 15 is 0 Å². The van der Waals surface area contributed by atoms with E-state index < -0.39 is 0 Å². The van der Waals surface area contributed by atoms with Crippen LogP contribution in [0.1, 0.15) is 17.3 Å². The van der Waals surface area contributed by atoms with E-state index in [0.29, 0.717) is 0 Å². The van der Waals surface area contributed by atoms with Crippen LogP contribution >= 0.6 is 0 Å². The first-order chi connectivity index (χ1) is 5.86. The van der Waals surface area contributed by atoms with Gasteiger partial charge in [0.1, 0.15) is 6.17 Å². The van der Waals surface area contributed by atoms with Crippen LogP contribution in [0, 0.1) is 6.92 Å². The maximum atomic E-state index is 4.31. The molecule has 62 valence electrons. The predicted octanol–water partition coefficient (Wildman–Crippen LogP) is 1.67. The minimum Gasteiger partial charge on any atom is -0.287 e. The average molecular weight is 160 g/mol. The molecule has 1 aliphatic heterocycles. The third-order valence-electron chi connectivity index (χ3n) is 2.01. The van der Waals surface area contributed by atoms with Crippen LogP contribution in [0.15, 0.2) is 29.3 Å². The van der Waals surface area contributed by atoms with Gasteiger partial charge in [-0.2, -0.15) is 0 Å². The van der Waals surface area contributed by atoms with Crippen LogP contribution in [0.2, 0.25) is 0 Å². The zero-order valence-electron chi connectivity index (χ0n) is 7.12. The monoisotopic (exact) mass is 160 g/mol. The third-order valence-corrected chi connectivity index (χ3v) is 2.01. The molecule has 0 fully saturated rings. The van der Waals surface area contributed by atoms with Gasteiger partial charge >= 0.3 is 0 Å². The standard InChI is InChI=1S/C10H12N2/c1-8-3-2-4-9(7-8)10-11-5-6-12-10/h2-5,7,10,12H,6H2,1H3. The molecular formula is C10H12N2. The maximum absolute atomic E-state index is 4.31. The number of rotatable bonds is 1. The topological polar surface area (TPSA) is 24.4 Å². The molecule has 12 heavy (non-hydrogen) atoms. The lowest BCUT2D eigenvalue weighted by Crippen LogP contribution is -2.14. The fraction of sp³-hybridized carbons (Fsp3) is 0.300. The zero-order valence-corrected chi connectivity index (χ0v) is 7.12. The van der Waals surface area contributed by atoms with E-state index in [-0.39, 0.29) is 6.17 Å². The molecule has 0 saturated carbocycles. The van der Waals surface area contributed by atoms with Crippen molar-refractivity contribution >= 4 is 6.21 Å². The average Bonchev–Trinajstić information content (AvgIpc) is 2.56. The van der Waals surface area contributed by atoms with Crippen molar-refractivity contribution in [2.24, 2.45) is 4.99 Å². The van der Waals surface area contributed by atoms with E-state index in [0.717, 1.165) is 6.54 Å². The van der Waals surface area contributed by atoms with Crippen molar-refractivity contribution in [3.05, 3.63) is 35.4 Å². The smallest absolute Gasteiger partial charge is 0.125 e. The van der Waals surface area contributed by atoms with E-state index in [1.807, 2.05) is 6.21 Å². The second kappa shape index (κ2) is 3.07. The van der Waals surface area contributed by atoms with E-state index in [2.05, 4.69) is 41.5 Å². The van der Waals surface area contributed by atoms with Crippen LogP contribution in [0.4, 0.5) is 0 Å². The van der Waals surface area contributed by atoms with E-state index in [4.69, 9.17) is 0 Å². The summed E-state index contributed by atoms with van der Waals surface area (Å²) >= 11 is 0. The highest BCUT2D eigenvalue weighted by Crippen LogP contribution is 2.16. The molecule has 2 rings (SSSR count). The van der Waals surface area contributed by atoms with Crippen LogP contribution in [0.5, 0.6) is 0 Å². The van der Waals surface area contributed by atoms with Gasteiger partial charge in [0.25, 0.3) is 0 Å². The molecule has 2 heteroatoms. The number of aryl methyl sites for hydroxylation is 1. The SMILES string of the molecule is Cc1cccc(C2N=CCN2)c1. The highest BCUT2D eigenvalue weighted by atomic mass is 15.1. The van der Waals surface area contributed by atoms with Gasteiger partial charge in [0.05, 0.1) is 0 Å². The highest BCUT2D eigenvalue weighted by Gasteiger charge is 2.10. The molecule has 1 unspecified atom stereocenters. The van der Waals surface area contributed by atoms with Crippen molar-refractivity contribution in [1.82, 2.24) is 5.32 Å². The second-order valence-electron chi connectivity index (χ2n) is 3.06. The molecule has 0 amide bonds. The van der Waals surface area contributed by atoms with Gasteiger partial charge in [0.15, 0.2) is 0 Å². The van der Waals surface area contributed by atoms with Crippen molar-refractivity contribution in [3.63, 3.8) is 0 Å². The Bertz CT molecular complexity index is 304. The van der Waals surface area contributed by atoms with Gasteiger partial charge in [-0.15, -0.1) is 0 Å². The molecule has 1 heterocycles. The summed E-state index contributed by atoms with van der Waals surface area (Å²) in [5, 5.41) is 3.28. The van der Waals surface area contributed by atoms with Gasteiger partial charge in [-0.1, -0.05) is 29.8 Å². The Morgan fingerprint density at radius 3 is 3.08 bits per heavy atom. The summed E-state index contributed by atoms with van der Waals surface area (Å²) in [6, 6.07) is 8.44.